The van der Waals surface area contributed by atoms with Crippen LogP contribution < -0.4 is 5.32 Å². The van der Waals surface area contributed by atoms with E-state index in [0.29, 0.717) is 0 Å². The minimum absolute atomic E-state index is 0.731. The summed E-state index contributed by atoms with van der Waals surface area (Å²) in [6.45, 7) is 7.33. The van der Waals surface area contributed by atoms with Gasteiger partial charge in [-0.3, -0.25) is 0 Å². The first-order chi connectivity index (χ1) is 5.72. The van der Waals surface area contributed by atoms with Crippen LogP contribution in [0.2, 0.25) is 0 Å². The van der Waals surface area contributed by atoms with Gasteiger partial charge in [-0.2, -0.15) is 0 Å². The molecular weight excluding hydrogens is 146 g/mol. The van der Waals surface area contributed by atoms with Crippen molar-refractivity contribution in [2.24, 2.45) is 17.3 Å². The van der Waals surface area contributed by atoms with Crippen molar-refractivity contribution in [1.82, 2.24) is 5.32 Å². The van der Waals surface area contributed by atoms with E-state index in [2.05, 4.69) is 19.2 Å². The Balaban J connectivity index is 1.96. The lowest BCUT2D eigenvalue weighted by Gasteiger charge is -2.22. The molecule has 0 aromatic heterocycles. The van der Waals surface area contributed by atoms with E-state index >= 15 is 0 Å². The molecule has 0 bridgehead atoms. The second-order valence-electron chi connectivity index (χ2n) is 5.17. The van der Waals surface area contributed by atoms with E-state index in [-0.39, 0.29) is 0 Å². The number of rotatable bonds is 1. The Morgan fingerprint density at radius 2 is 2.17 bits per heavy atom. The van der Waals surface area contributed by atoms with Gasteiger partial charge in [-0.05, 0) is 49.5 Å². The van der Waals surface area contributed by atoms with Crippen LogP contribution in [0.3, 0.4) is 0 Å². The van der Waals surface area contributed by atoms with Crippen molar-refractivity contribution in [3.63, 3.8) is 0 Å². The highest BCUT2D eigenvalue weighted by Crippen LogP contribution is 2.47. The van der Waals surface area contributed by atoms with Gasteiger partial charge in [0.15, 0.2) is 0 Å². The zero-order chi connectivity index (χ0) is 8.60. The molecule has 1 aliphatic carbocycles. The van der Waals surface area contributed by atoms with Crippen molar-refractivity contribution < 1.29 is 0 Å². The highest BCUT2D eigenvalue weighted by molar-refractivity contribution is 4.95. The number of nitrogens with one attached hydrogen (secondary N) is 1. The van der Waals surface area contributed by atoms with Gasteiger partial charge in [0.2, 0.25) is 0 Å². The maximum atomic E-state index is 3.51. The van der Waals surface area contributed by atoms with E-state index in [1.807, 2.05) is 0 Å². The number of hydrogen-bond acceptors (Lipinski definition) is 1. The zero-order valence-electron chi connectivity index (χ0n) is 8.40. The standard InChI is InChI=1S/C11H21N/c1-9(2)10-3-4-11(7-10)5-6-12-8-11/h9-10,12H,3-8H2,1-2H3. The minimum Gasteiger partial charge on any atom is -0.316 e. The molecule has 2 unspecified atom stereocenters. The molecule has 0 aromatic carbocycles. The summed E-state index contributed by atoms with van der Waals surface area (Å²) in [7, 11) is 0. The first-order valence-corrected chi connectivity index (χ1v) is 5.43. The van der Waals surface area contributed by atoms with Crippen LogP contribution in [0.25, 0.3) is 0 Å². The summed E-state index contributed by atoms with van der Waals surface area (Å²) >= 11 is 0. The molecule has 2 aliphatic rings. The van der Waals surface area contributed by atoms with Crippen LogP contribution in [0.5, 0.6) is 0 Å². The maximum absolute atomic E-state index is 3.51. The van der Waals surface area contributed by atoms with Gasteiger partial charge in [-0.1, -0.05) is 13.8 Å². The van der Waals surface area contributed by atoms with Crippen LogP contribution >= 0.6 is 0 Å². The predicted octanol–water partition coefficient (Wildman–Crippen LogP) is 2.42. The Morgan fingerprint density at radius 1 is 1.33 bits per heavy atom. The molecule has 2 atom stereocenters. The molecule has 1 heterocycles. The van der Waals surface area contributed by atoms with Gasteiger partial charge in [0, 0.05) is 6.54 Å². The van der Waals surface area contributed by atoms with Gasteiger partial charge < -0.3 is 5.32 Å². The summed E-state index contributed by atoms with van der Waals surface area (Å²) in [6, 6.07) is 0. The topological polar surface area (TPSA) is 12.0 Å². The lowest BCUT2D eigenvalue weighted by Crippen LogP contribution is -2.21. The fourth-order valence-electron chi connectivity index (χ4n) is 3.00. The molecule has 70 valence electrons. The molecule has 1 N–H and O–H groups in total. The third-order valence-electron chi connectivity index (χ3n) is 4.02. The van der Waals surface area contributed by atoms with Crippen molar-refractivity contribution in [3.8, 4) is 0 Å². The SMILES string of the molecule is CC(C)C1CCC2(CCNC2)C1. The Kier molecular flexibility index (Phi) is 2.16. The molecule has 0 aromatic rings. The quantitative estimate of drug-likeness (QED) is 0.632. The van der Waals surface area contributed by atoms with E-state index in [0.717, 1.165) is 17.3 Å². The molecule has 2 rings (SSSR count). The van der Waals surface area contributed by atoms with Crippen molar-refractivity contribution in [2.45, 2.75) is 39.5 Å². The van der Waals surface area contributed by atoms with E-state index in [1.54, 1.807) is 0 Å². The Morgan fingerprint density at radius 3 is 2.67 bits per heavy atom. The van der Waals surface area contributed by atoms with E-state index in [9.17, 15) is 0 Å². The van der Waals surface area contributed by atoms with Crippen molar-refractivity contribution in [2.75, 3.05) is 13.1 Å². The normalized spacial score (nSPS) is 41.8. The molecule has 1 saturated heterocycles. The van der Waals surface area contributed by atoms with Crippen LogP contribution in [-0.2, 0) is 0 Å². The Hall–Kier alpha value is -0.0400. The highest BCUT2D eigenvalue weighted by atomic mass is 14.9. The fraction of sp³-hybridized carbons (Fsp3) is 1.00. The average Bonchev–Trinajstić information content (AvgIpc) is 2.62. The van der Waals surface area contributed by atoms with Gasteiger partial charge >= 0.3 is 0 Å². The molecule has 1 nitrogen and oxygen atoms in total. The summed E-state index contributed by atoms with van der Waals surface area (Å²) in [5, 5.41) is 3.51. The van der Waals surface area contributed by atoms with Gasteiger partial charge in [0.1, 0.15) is 0 Å². The molecule has 1 spiro atoms. The summed E-state index contributed by atoms with van der Waals surface area (Å²) in [6.07, 6.45) is 5.91. The van der Waals surface area contributed by atoms with Gasteiger partial charge in [-0.15, -0.1) is 0 Å². The lowest BCUT2D eigenvalue weighted by molar-refractivity contribution is 0.294. The van der Waals surface area contributed by atoms with Crippen LogP contribution in [0, 0.1) is 17.3 Å². The minimum atomic E-state index is 0.731. The first kappa shape index (κ1) is 8.55. The Bertz CT molecular complexity index is 156. The van der Waals surface area contributed by atoms with Gasteiger partial charge in [0.05, 0.1) is 0 Å². The third kappa shape index (κ3) is 1.39. The van der Waals surface area contributed by atoms with Crippen molar-refractivity contribution >= 4 is 0 Å². The predicted molar refractivity (Wildman–Crippen MR) is 52.1 cm³/mol. The smallest absolute Gasteiger partial charge is 0.000839 e. The second-order valence-corrected chi connectivity index (χ2v) is 5.17. The van der Waals surface area contributed by atoms with Crippen molar-refractivity contribution in [3.05, 3.63) is 0 Å². The van der Waals surface area contributed by atoms with E-state index < -0.39 is 0 Å². The maximum Gasteiger partial charge on any atom is 0.000839 e. The monoisotopic (exact) mass is 167 g/mol. The fourth-order valence-corrected chi connectivity index (χ4v) is 3.00. The van der Waals surface area contributed by atoms with Crippen LogP contribution in [0.4, 0.5) is 0 Å². The van der Waals surface area contributed by atoms with E-state index in [1.165, 1.54) is 38.8 Å². The molecule has 2 fully saturated rings. The van der Waals surface area contributed by atoms with Gasteiger partial charge in [0.25, 0.3) is 0 Å². The molecule has 0 radical (unpaired) electrons. The summed E-state index contributed by atoms with van der Waals surface area (Å²) in [5.41, 5.74) is 0.731. The lowest BCUT2D eigenvalue weighted by atomic mass is 9.83. The number of hydrogen-bond donors (Lipinski definition) is 1. The molecule has 1 heteroatoms. The van der Waals surface area contributed by atoms with Crippen LogP contribution in [-0.4, -0.2) is 13.1 Å². The first-order valence-electron chi connectivity index (χ1n) is 5.43. The third-order valence-corrected chi connectivity index (χ3v) is 4.02. The molecular formula is C11H21N. The van der Waals surface area contributed by atoms with Crippen LogP contribution in [0.15, 0.2) is 0 Å². The highest BCUT2D eigenvalue weighted by Gasteiger charge is 2.41. The van der Waals surface area contributed by atoms with Crippen molar-refractivity contribution in [1.29, 1.82) is 0 Å². The summed E-state index contributed by atoms with van der Waals surface area (Å²) < 4.78 is 0. The summed E-state index contributed by atoms with van der Waals surface area (Å²) in [5.74, 6) is 1.93. The average molecular weight is 167 g/mol. The zero-order valence-corrected chi connectivity index (χ0v) is 8.40. The van der Waals surface area contributed by atoms with E-state index in [4.69, 9.17) is 0 Å². The van der Waals surface area contributed by atoms with Crippen LogP contribution in [0.1, 0.15) is 39.5 Å². The molecule has 1 saturated carbocycles. The largest absolute Gasteiger partial charge is 0.316 e. The Labute approximate surface area is 75.9 Å². The second kappa shape index (κ2) is 3.02. The molecule has 12 heavy (non-hydrogen) atoms. The molecule has 1 aliphatic heterocycles. The summed E-state index contributed by atoms with van der Waals surface area (Å²) in [4.78, 5) is 0. The molecule has 0 amide bonds. The van der Waals surface area contributed by atoms with Gasteiger partial charge in [-0.25, -0.2) is 0 Å².